The van der Waals surface area contributed by atoms with Crippen LogP contribution in [-0.4, -0.2) is 15.9 Å². The monoisotopic (exact) mass is 307 g/mol. The van der Waals surface area contributed by atoms with Gasteiger partial charge in [0, 0.05) is 5.56 Å². The number of hydrogen-bond acceptors (Lipinski definition) is 3. The summed E-state index contributed by atoms with van der Waals surface area (Å²) in [4.78, 5) is 20.5. The number of hydrogen-bond donors (Lipinski definition) is 1. The predicted octanol–water partition coefficient (Wildman–Crippen LogP) is 3.46. The topological polar surface area (TPSA) is 54.9 Å². The smallest absolute Gasteiger partial charge is 0.228 e. The van der Waals surface area contributed by atoms with Crippen molar-refractivity contribution in [3.8, 4) is 11.4 Å². The molecule has 0 fully saturated rings. The molecule has 0 atom stereocenters. The Kier molecular flexibility index (Phi) is 4.38. The Balaban J connectivity index is 1.64. The number of amides is 1. The molecule has 4 nitrogen and oxygen atoms in total. The van der Waals surface area contributed by atoms with Gasteiger partial charge in [-0.15, -0.1) is 0 Å². The van der Waals surface area contributed by atoms with Crippen LogP contribution in [0.25, 0.3) is 11.4 Å². The van der Waals surface area contributed by atoms with E-state index in [1.807, 2.05) is 30.3 Å². The van der Waals surface area contributed by atoms with Crippen LogP contribution in [0.5, 0.6) is 0 Å². The lowest BCUT2D eigenvalue weighted by Crippen LogP contribution is -2.14. The molecule has 0 saturated carbocycles. The van der Waals surface area contributed by atoms with E-state index in [1.54, 1.807) is 24.5 Å². The first kappa shape index (κ1) is 14.8. The van der Waals surface area contributed by atoms with E-state index in [1.165, 1.54) is 12.1 Å². The number of anilines is 1. The third-order valence-electron chi connectivity index (χ3n) is 3.25. The second kappa shape index (κ2) is 6.79. The fraction of sp³-hybridized carbons (Fsp3) is 0.0556. The molecule has 0 aliphatic heterocycles. The van der Waals surface area contributed by atoms with Crippen molar-refractivity contribution in [2.75, 3.05) is 5.32 Å². The van der Waals surface area contributed by atoms with Crippen molar-refractivity contribution in [3.05, 3.63) is 78.4 Å². The number of halogens is 1. The van der Waals surface area contributed by atoms with E-state index in [0.29, 0.717) is 11.5 Å². The maximum atomic E-state index is 12.8. The molecular formula is C18H14FN3O. The fourth-order valence-corrected chi connectivity index (χ4v) is 2.12. The van der Waals surface area contributed by atoms with E-state index in [2.05, 4.69) is 15.3 Å². The van der Waals surface area contributed by atoms with Gasteiger partial charge in [-0.1, -0.05) is 42.5 Å². The molecule has 2 aromatic carbocycles. The van der Waals surface area contributed by atoms with Gasteiger partial charge in [-0.05, 0) is 17.7 Å². The van der Waals surface area contributed by atoms with Crippen LogP contribution in [0.1, 0.15) is 5.56 Å². The van der Waals surface area contributed by atoms with Crippen LogP contribution in [0.15, 0.2) is 67.0 Å². The Morgan fingerprint density at radius 3 is 2.26 bits per heavy atom. The molecule has 0 unspecified atom stereocenters. The summed E-state index contributed by atoms with van der Waals surface area (Å²) in [5.41, 5.74) is 2.18. The van der Waals surface area contributed by atoms with Crippen LogP contribution in [0.4, 0.5) is 10.1 Å². The lowest BCUT2D eigenvalue weighted by molar-refractivity contribution is -0.115. The van der Waals surface area contributed by atoms with Crippen LogP contribution in [-0.2, 0) is 11.2 Å². The highest BCUT2D eigenvalue weighted by molar-refractivity contribution is 5.92. The Bertz CT molecular complexity index is 787. The SMILES string of the molecule is O=C(Cc1ccc(F)cc1)Nc1cnc(-c2ccccc2)nc1. The minimum Gasteiger partial charge on any atom is -0.323 e. The average molecular weight is 307 g/mol. The largest absolute Gasteiger partial charge is 0.323 e. The van der Waals surface area contributed by atoms with Gasteiger partial charge in [0.25, 0.3) is 0 Å². The highest BCUT2D eigenvalue weighted by Crippen LogP contribution is 2.15. The summed E-state index contributed by atoms with van der Waals surface area (Å²) in [7, 11) is 0. The molecule has 1 heterocycles. The summed E-state index contributed by atoms with van der Waals surface area (Å²) < 4.78 is 12.8. The third-order valence-corrected chi connectivity index (χ3v) is 3.25. The van der Waals surface area contributed by atoms with E-state index < -0.39 is 0 Å². The van der Waals surface area contributed by atoms with Crippen molar-refractivity contribution < 1.29 is 9.18 Å². The van der Waals surface area contributed by atoms with Crippen molar-refractivity contribution in [3.63, 3.8) is 0 Å². The number of rotatable bonds is 4. The highest BCUT2D eigenvalue weighted by atomic mass is 19.1. The molecule has 5 heteroatoms. The van der Waals surface area contributed by atoms with Gasteiger partial charge < -0.3 is 5.32 Å². The van der Waals surface area contributed by atoms with Crippen LogP contribution >= 0.6 is 0 Å². The number of nitrogens with zero attached hydrogens (tertiary/aromatic N) is 2. The Morgan fingerprint density at radius 1 is 0.957 bits per heavy atom. The predicted molar refractivity (Wildman–Crippen MR) is 86.2 cm³/mol. The zero-order valence-electron chi connectivity index (χ0n) is 12.2. The summed E-state index contributed by atoms with van der Waals surface area (Å²) in [5, 5.41) is 2.73. The third kappa shape index (κ3) is 3.97. The number of nitrogens with one attached hydrogen (secondary N) is 1. The van der Waals surface area contributed by atoms with E-state index >= 15 is 0 Å². The molecule has 1 aromatic heterocycles. The standard InChI is InChI=1S/C18H14FN3O/c19-15-8-6-13(7-9-15)10-17(23)22-16-11-20-18(21-12-16)14-4-2-1-3-5-14/h1-9,11-12H,10H2,(H,22,23). The van der Waals surface area contributed by atoms with Crippen molar-refractivity contribution in [1.29, 1.82) is 0 Å². The van der Waals surface area contributed by atoms with Gasteiger partial charge in [0.15, 0.2) is 5.82 Å². The van der Waals surface area contributed by atoms with Crippen molar-refractivity contribution in [2.24, 2.45) is 0 Å². The van der Waals surface area contributed by atoms with Gasteiger partial charge in [0.05, 0.1) is 24.5 Å². The van der Waals surface area contributed by atoms with Crippen LogP contribution in [0.3, 0.4) is 0 Å². The second-order valence-electron chi connectivity index (χ2n) is 5.01. The summed E-state index contributed by atoms with van der Waals surface area (Å²) in [6.07, 6.45) is 3.30. The molecule has 1 N–H and O–H groups in total. The molecule has 1 amide bonds. The summed E-state index contributed by atoms with van der Waals surface area (Å²) in [6.45, 7) is 0. The van der Waals surface area contributed by atoms with E-state index in [9.17, 15) is 9.18 Å². The Hall–Kier alpha value is -3.08. The number of aromatic nitrogens is 2. The lowest BCUT2D eigenvalue weighted by atomic mass is 10.1. The minimum absolute atomic E-state index is 0.167. The van der Waals surface area contributed by atoms with Crippen LogP contribution in [0, 0.1) is 5.82 Å². The molecule has 0 spiro atoms. The molecule has 3 aromatic rings. The molecule has 0 radical (unpaired) electrons. The number of carbonyl (C=O) groups is 1. The van der Waals surface area contributed by atoms with Gasteiger partial charge in [0.2, 0.25) is 5.91 Å². The molecule has 3 rings (SSSR count). The first-order valence-corrected chi connectivity index (χ1v) is 7.12. The van der Waals surface area contributed by atoms with Gasteiger partial charge in [-0.3, -0.25) is 4.79 Å². The van der Waals surface area contributed by atoms with Crippen molar-refractivity contribution >= 4 is 11.6 Å². The fourth-order valence-electron chi connectivity index (χ4n) is 2.12. The second-order valence-corrected chi connectivity index (χ2v) is 5.01. The van der Waals surface area contributed by atoms with Crippen molar-refractivity contribution in [1.82, 2.24) is 9.97 Å². The summed E-state index contributed by atoms with van der Waals surface area (Å²) in [6, 6.07) is 15.4. The maximum absolute atomic E-state index is 12.8. The van der Waals surface area contributed by atoms with Crippen molar-refractivity contribution in [2.45, 2.75) is 6.42 Å². The Labute approximate surface area is 133 Å². The highest BCUT2D eigenvalue weighted by Gasteiger charge is 2.06. The lowest BCUT2D eigenvalue weighted by Gasteiger charge is -2.06. The van der Waals surface area contributed by atoms with Gasteiger partial charge in [0.1, 0.15) is 5.82 Å². The molecule has 114 valence electrons. The molecule has 0 aliphatic carbocycles. The first-order valence-electron chi connectivity index (χ1n) is 7.12. The van der Waals surface area contributed by atoms with Gasteiger partial charge in [-0.25, -0.2) is 14.4 Å². The number of carbonyl (C=O) groups excluding carboxylic acids is 1. The molecular weight excluding hydrogens is 293 g/mol. The molecule has 0 bridgehead atoms. The van der Waals surface area contributed by atoms with Gasteiger partial charge >= 0.3 is 0 Å². The number of benzene rings is 2. The van der Waals surface area contributed by atoms with Gasteiger partial charge in [-0.2, -0.15) is 0 Å². The molecule has 23 heavy (non-hydrogen) atoms. The minimum atomic E-state index is -0.320. The van der Waals surface area contributed by atoms with E-state index in [4.69, 9.17) is 0 Å². The first-order chi connectivity index (χ1) is 11.2. The summed E-state index contributed by atoms with van der Waals surface area (Å²) in [5.74, 6) is 0.0776. The maximum Gasteiger partial charge on any atom is 0.228 e. The van der Waals surface area contributed by atoms with E-state index in [0.717, 1.165) is 11.1 Å². The average Bonchev–Trinajstić information content (AvgIpc) is 2.58. The zero-order valence-corrected chi connectivity index (χ0v) is 12.2. The van der Waals surface area contributed by atoms with E-state index in [-0.39, 0.29) is 18.1 Å². The summed E-state index contributed by atoms with van der Waals surface area (Å²) >= 11 is 0. The van der Waals surface area contributed by atoms with Crippen LogP contribution < -0.4 is 5.32 Å². The van der Waals surface area contributed by atoms with Crippen LogP contribution in [0.2, 0.25) is 0 Å². The normalized spacial score (nSPS) is 10.3. The Morgan fingerprint density at radius 2 is 1.61 bits per heavy atom. The quantitative estimate of drug-likeness (QED) is 0.803. The zero-order chi connectivity index (χ0) is 16.1. The molecule has 0 saturated heterocycles. The molecule has 0 aliphatic rings.